The highest BCUT2D eigenvalue weighted by atomic mass is 16.8. The molecule has 4 N–H and O–H groups in total. The summed E-state index contributed by atoms with van der Waals surface area (Å²) in [6.07, 6.45) is 0.358. The number of nitrogens with one attached hydrogen (secondary N) is 2. The largest absolute Gasteiger partial charge is 0.600 e. The molecule has 1 aromatic rings. The lowest BCUT2D eigenvalue weighted by atomic mass is 10.1. The minimum atomic E-state index is -0.998. The molecule has 0 heterocycles. The van der Waals surface area contributed by atoms with Gasteiger partial charge in [0.25, 0.3) is 0 Å². The van der Waals surface area contributed by atoms with Crippen LogP contribution in [0.5, 0.6) is 0 Å². The maximum Gasteiger partial charge on any atom is 0.164 e. The fourth-order valence-electron chi connectivity index (χ4n) is 1.11. The van der Waals surface area contributed by atoms with Crippen LogP contribution < -0.4 is 10.5 Å². The maximum atomic E-state index is 10.6. The van der Waals surface area contributed by atoms with Crippen molar-refractivity contribution in [2.24, 2.45) is 0 Å². The van der Waals surface area contributed by atoms with E-state index in [0.717, 1.165) is 5.56 Å². The predicted octanol–water partition coefficient (Wildman–Crippen LogP) is -1.60. The van der Waals surface area contributed by atoms with Crippen LogP contribution in [0.1, 0.15) is 5.56 Å². The quantitative estimate of drug-likeness (QED) is 0.440. The molecule has 0 spiro atoms. The lowest BCUT2D eigenvalue weighted by Gasteiger charge is -2.14. The van der Waals surface area contributed by atoms with Crippen LogP contribution in [-0.2, 0) is 6.42 Å². The number of hydrogen-bond donors (Lipinski definition) is 4. The normalized spacial score (nSPS) is 15.1. The Morgan fingerprint density at radius 2 is 1.93 bits per heavy atom. The van der Waals surface area contributed by atoms with Crippen LogP contribution in [0.2, 0.25) is 0 Å². The van der Waals surface area contributed by atoms with Crippen molar-refractivity contribution < 1.29 is 20.9 Å². The summed E-state index contributed by atoms with van der Waals surface area (Å²) in [6, 6.07) is 6.30. The first-order chi connectivity index (χ1) is 6.59. The van der Waals surface area contributed by atoms with Crippen LogP contribution in [0.4, 0.5) is 5.69 Å². The summed E-state index contributed by atoms with van der Waals surface area (Å²) in [6.45, 7) is 0.0169. The van der Waals surface area contributed by atoms with E-state index in [4.69, 9.17) is 10.4 Å². The number of hydroxylamine groups is 2. The van der Waals surface area contributed by atoms with E-state index in [1.54, 1.807) is 12.1 Å². The van der Waals surface area contributed by atoms with Crippen LogP contribution in [0.3, 0.4) is 0 Å². The zero-order valence-corrected chi connectivity index (χ0v) is 7.43. The third-order valence-corrected chi connectivity index (χ3v) is 1.80. The van der Waals surface area contributed by atoms with E-state index in [2.05, 4.69) is 0 Å². The summed E-state index contributed by atoms with van der Waals surface area (Å²) < 4.78 is 0. The number of hydrogen-bond acceptors (Lipinski definition) is 4. The first kappa shape index (κ1) is 11.1. The van der Waals surface area contributed by atoms with E-state index in [1.807, 2.05) is 0 Å². The molecule has 0 bridgehead atoms. The average Bonchev–Trinajstić information content (AvgIpc) is 2.15. The molecule has 6 nitrogen and oxygen atoms in total. The fourth-order valence-corrected chi connectivity index (χ4v) is 1.11. The Balaban J connectivity index is 2.64. The lowest BCUT2D eigenvalue weighted by molar-refractivity contribution is -1.05. The van der Waals surface area contributed by atoms with Gasteiger partial charge >= 0.3 is 0 Å². The van der Waals surface area contributed by atoms with Gasteiger partial charge in [0, 0.05) is 18.6 Å². The highest BCUT2D eigenvalue weighted by Crippen LogP contribution is 2.05. The van der Waals surface area contributed by atoms with Crippen LogP contribution in [0.15, 0.2) is 24.3 Å². The molecule has 2 atom stereocenters. The first-order valence-corrected chi connectivity index (χ1v) is 4.13. The van der Waals surface area contributed by atoms with E-state index < -0.39 is 10.5 Å². The fraction of sp³-hybridized carbons (Fsp3) is 0.250. The van der Waals surface area contributed by atoms with Gasteiger partial charge in [-0.1, -0.05) is 12.1 Å². The predicted molar refractivity (Wildman–Crippen MR) is 46.9 cm³/mol. The molecule has 2 unspecified atom stereocenters. The van der Waals surface area contributed by atoms with Gasteiger partial charge in [0.2, 0.25) is 0 Å². The van der Waals surface area contributed by atoms with Gasteiger partial charge in [0.1, 0.15) is 6.54 Å². The lowest BCUT2D eigenvalue weighted by Crippen LogP contribution is -3.04. The van der Waals surface area contributed by atoms with Crippen molar-refractivity contribution in [1.82, 2.24) is 0 Å². The van der Waals surface area contributed by atoms with Crippen LogP contribution in [-0.4, -0.2) is 17.0 Å². The Hall–Kier alpha value is -1.02. The zero-order chi connectivity index (χ0) is 10.6. The van der Waals surface area contributed by atoms with Gasteiger partial charge in [-0.15, -0.1) is 0 Å². The van der Waals surface area contributed by atoms with Gasteiger partial charge in [-0.05, 0) is 5.56 Å². The van der Waals surface area contributed by atoms with Gasteiger partial charge in [0.15, 0.2) is 5.69 Å². The van der Waals surface area contributed by atoms with Crippen molar-refractivity contribution in [2.45, 2.75) is 6.42 Å². The highest BCUT2D eigenvalue weighted by molar-refractivity contribution is 5.33. The molecule has 78 valence electrons. The molecule has 6 heteroatoms. The Kier molecular flexibility index (Phi) is 3.96. The summed E-state index contributed by atoms with van der Waals surface area (Å²) in [4.78, 5) is 0. The number of rotatable bonds is 4. The van der Waals surface area contributed by atoms with E-state index in [9.17, 15) is 10.4 Å². The molecule has 0 fully saturated rings. The first-order valence-electron chi connectivity index (χ1n) is 4.13. The molecule has 0 radical (unpaired) electrons. The summed E-state index contributed by atoms with van der Waals surface area (Å²) in [5.74, 6) is 0. The molecular weight excluding hydrogens is 188 g/mol. The molecule has 0 aliphatic heterocycles. The van der Waals surface area contributed by atoms with Crippen LogP contribution >= 0.6 is 0 Å². The summed E-state index contributed by atoms with van der Waals surface area (Å²) >= 11 is 0. The zero-order valence-electron chi connectivity index (χ0n) is 7.43. The standard InChI is InChI=1S/C8H12N2O4/c11-9(12)5-4-7-2-1-3-8(6-7)10(13)14/h1-3,6,9-11,13H,4-5H2. The molecule has 0 aliphatic rings. The van der Waals surface area contributed by atoms with E-state index in [-0.39, 0.29) is 12.2 Å². The van der Waals surface area contributed by atoms with Gasteiger partial charge in [0.05, 0.1) is 0 Å². The SMILES string of the molecule is [O-][NH+](O)CCc1cccc([NH+]([O-])O)c1. The molecule has 0 aliphatic carbocycles. The van der Waals surface area contributed by atoms with E-state index in [1.165, 1.54) is 12.1 Å². The van der Waals surface area contributed by atoms with E-state index >= 15 is 0 Å². The molecule has 0 saturated carbocycles. The molecule has 0 aromatic heterocycles. The van der Waals surface area contributed by atoms with Crippen molar-refractivity contribution in [2.75, 3.05) is 6.54 Å². The second-order valence-corrected chi connectivity index (χ2v) is 2.90. The Bertz CT molecular complexity index is 290. The second kappa shape index (κ2) is 5.01. The maximum absolute atomic E-state index is 10.6. The molecular formula is C8H12N2O4. The highest BCUT2D eigenvalue weighted by Gasteiger charge is 2.02. The Morgan fingerprint density at radius 3 is 2.50 bits per heavy atom. The third-order valence-electron chi connectivity index (χ3n) is 1.80. The smallest absolute Gasteiger partial charge is 0.164 e. The Morgan fingerprint density at radius 1 is 1.21 bits per heavy atom. The van der Waals surface area contributed by atoms with E-state index in [0.29, 0.717) is 6.42 Å². The molecule has 1 aromatic carbocycles. The van der Waals surface area contributed by atoms with Crippen LogP contribution in [0.25, 0.3) is 0 Å². The second-order valence-electron chi connectivity index (χ2n) is 2.90. The minimum Gasteiger partial charge on any atom is -0.600 e. The van der Waals surface area contributed by atoms with Crippen LogP contribution in [0, 0.1) is 10.4 Å². The average molecular weight is 200 g/mol. The van der Waals surface area contributed by atoms with Crippen molar-refractivity contribution in [3.8, 4) is 0 Å². The number of benzene rings is 1. The minimum absolute atomic E-state index is 0.0169. The summed E-state index contributed by atoms with van der Waals surface area (Å²) in [5.41, 5.74) is 0.917. The molecule has 0 amide bonds. The Labute approximate surface area is 80.7 Å². The van der Waals surface area contributed by atoms with Gasteiger partial charge < -0.3 is 10.4 Å². The van der Waals surface area contributed by atoms with Crippen molar-refractivity contribution >= 4 is 5.69 Å². The molecule has 1 rings (SSSR count). The van der Waals surface area contributed by atoms with Crippen molar-refractivity contribution in [1.29, 1.82) is 0 Å². The van der Waals surface area contributed by atoms with Gasteiger partial charge in [-0.3, -0.25) is 0 Å². The molecule has 0 saturated heterocycles. The summed E-state index contributed by atoms with van der Waals surface area (Å²) in [5, 5.41) is 36.1. The molecule has 14 heavy (non-hydrogen) atoms. The van der Waals surface area contributed by atoms with Crippen molar-refractivity contribution in [3.63, 3.8) is 0 Å². The van der Waals surface area contributed by atoms with Crippen molar-refractivity contribution in [3.05, 3.63) is 40.2 Å². The van der Waals surface area contributed by atoms with Gasteiger partial charge in [-0.2, -0.15) is 5.23 Å². The third kappa shape index (κ3) is 3.38. The summed E-state index contributed by atoms with van der Waals surface area (Å²) in [7, 11) is 0. The monoisotopic (exact) mass is 200 g/mol. The number of quaternary nitrogens is 2. The van der Waals surface area contributed by atoms with Gasteiger partial charge in [-0.25, -0.2) is 15.6 Å². The topological polar surface area (TPSA) is 95.5 Å².